The molecule has 0 radical (unpaired) electrons. The molecule has 21 heavy (non-hydrogen) atoms. The molecule has 5 nitrogen and oxygen atoms in total. The highest BCUT2D eigenvalue weighted by atomic mass is 19.4. The smallest absolute Gasteiger partial charge is 0.353 e. The van der Waals surface area contributed by atoms with Crippen LogP contribution in [0.25, 0.3) is 0 Å². The topological polar surface area (TPSA) is 67.1 Å². The lowest BCUT2D eigenvalue weighted by Crippen LogP contribution is -2.35. The van der Waals surface area contributed by atoms with E-state index in [9.17, 15) is 13.2 Å². The molecule has 116 valence electrons. The van der Waals surface area contributed by atoms with Crippen LogP contribution >= 0.6 is 0 Å². The van der Waals surface area contributed by atoms with Gasteiger partial charge in [-0.1, -0.05) is 12.8 Å². The fourth-order valence-electron chi connectivity index (χ4n) is 3.47. The first-order chi connectivity index (χ1) is 9.99. The van der Waals surface area contributed by atoms with Gasteiger partial charge in [-0.15, -0.1) is 0 Å². The summed E-state index contributed by atoms with van der Waals surface area (Å²) in [7, 11) is 0. The molecule has 2 fully saturated rings. The molecule has 1 aliphatic carbocycles. The summed E-state index contributed by atoms with van der Waals surface area (Å²) in [6.45, 7) is 0.744. The zero-order valence-electron chi connectivity index (χ0n) is 11.5. The van der Waals surface area contributed by atoms with Crippen molar-refractivity contribution >= 4 is 11.6 Å². The van der Waals surface area contributed by atoms with Crippen LogP contribution in [-0.4, -0.2) is 22.6 Å². The number of aromatic nitrogens is 2. The summed E-state index contributed by atoms with van der Waals surface area (Å²) in [5, 5.41) is 0. The number of rotatable bonds is 2. The molecule has 0 bridgehead atoms. The van der Waals surface area contributed by atoms with E-state index in [1.807, 2.05) is 4.90 Å². The molecule has 1 aromatic heterocycles. The minimum atomic E-state index is -4.58. The number of alkyl halides is 3. The van der Waals surface area contributed by atoms with E-state index in [2.05, 4.69) is 15.4 Å². The Morgan fingerprint density at radius 2 is 1.95 bits per heavy atom. The van der Waals surface area contributed by atoms with Gasteiger partial charge >= 0.3 is 6.18 Å². The van der Waals surface area contributed by atoms with E-state index < -0.39 is 12.0 Å². The molecule has 3 rings (SSSR count). The third-order valence-corrected chi connectivity index (χ3v) is 4.42. The van der Waals surface area contributed by atoms with E-state index in [-0.39, 0.29) is 5.82 Å². The molecule has 2 unspecified atom stereocenters. The number of hydrazine groups is 1. The summed E-state index contributed by atoms with van der Waals surface area (Å²) < 4.78 is 38.7. The summed E-state index contributed by atoms with van der Waals surface area (Å²) in [5.41, 5.74) is 2.20. The maximum Gasteiger partial charge on any atom is 0.451 e. The van der Waals surface area contributed by atoms with Crippen molar-refractivity contribution in [2.75, 3.05) is 16.9 Å². The zero-order chi connectivity index (χ0) is 15.0. The number of hydrogen-bond acceptors (Lipinski definition) is 5. The Labute approximate surface area is 120 Å². The summed E-state index contributed by atoms with van der Waals surface area (Å²) in [6, 6.07) is 1.78. The van der Waals surface area contributed by atoms with Crippen LogP contribution in [0.4, 0.5) is 24.8 Å². The number of hydrogen-bond donors (Lipinski definition) is 2. The van der Waals surface area contributed by atoms with Crippen molar-refractivity contribution in [3.8, 4) is 0 Å². The van der Waals surface area contributed by atoms with Gasteiger partial charge in [0.1, 0.15) is 11.6 Å². The quantitative estimate of drug-likeness (QED) is 0.649. The van der Waals surface area contributed by atoms with Crippen molar-refractivity contribution in [3.63, 3.8) is 0 Å². The Bertz CT molecular complexity index is 519. The van der Waals surface area contributed by atoms with E-state index in [4.69, 9.17) is 5.84 Å². The Hall–Kier alpha value is -1.57. The van der Waals surface area contributed by atoms with Gasteiger partial charge in [0.25, 0.3) is 0 Å². The first kappa shape index (κ1) is 14.4. The zero-order valence-corrected chi connectivity index (χ0v) is 11.5. The minimum absolute atomic E-state index is 0.00779. The van der Waals surface area contributed by atoms with E-state index >= 15 is 0 Å². The Morgan fingerprint density at radius 3 is 2.67 bits per heavy atom. The predicted molar refractivity (Wildman–Crippen MR) is 72.6 cm³/mol. The Kier molecular flexibility index (Phi) is 3.64. The maximum absolute atomic E-state index is 12.9. The molecule has 2 aliphatic rings. The molecule has 8 heteroatoms. The second-order valence-corrected chi connectivity index (χ2v) is 5.67. The largest absolute Gasteiger partial charge is 0.451 e. The number of nitrogens with zero attached hydrogens (tertiary/aromatic N) is 3. The highest BCUT2D eigenvalue weighted by Gasteiger charge is 2.39. The second-order valence-electron chi connectivity index (χ2n) is 5.67. The van der Waals surface area contributed by atoms with Crippen LogP contribution in [-0.2, 0) is 6.18 Å². The molecule has 1 saturated carbocycles. The lowest BCUT2D eigenvalue weighted by atomic mass is 9.85. The van der Waals surface area contributed by atoms with Crippen LogP contribution in [0.2, 0.25) is 0 Å². The number of anilines is 2. The van der Waals surface area contributed by atoms with Crippen LogP contribution < -0.4 is 16.2 Å². The van der Waals surface area contributed by atoms with Gasteiger partial charge in [0.05, 0.1) is 0 Å². The first-order valence-corrected chi connectivity index (χ1v) is 7.18. The maximum atomic E-state index is 12.9. The monoisotopic (exact) mass is 301 g/mol. The fraction of sp³-hybridized carbons (Fsp3) is 0.692. The molecule has 2 atom stereocenters. The molecule has 0 amide bonds. The molecule has 1 aliphatic heterocycles. The lowest BCUT2D eigenvalue weighted by molar-refractivity contribution is -0.144. The van der Waals surface area contributed by atoms with E-state index in [1.54, 1.807) is 0 Å². The van der Waals surface area contributed by atoms with Gasteiger partial charge in [-0.2, -0.15) is 13.2 Å². The Morgan fingerprint density at radius 1 is 1.19 bits per heavy atom. The van der Waals surface area contributed by atoms with Crippen molar-refractivity contribution in [1.29, 1.82) is 0 Å². The molecule has 0 aromatic carbocycles. The van der Waals surface area contributed by atoms with Gasteiger partial charge in [-0.25, -0.2) is 15.8 Å². The lowest BCUT2D eigenvalue weighted by Gasteiger charge is -2.32. The first-order valence-electron chi connectivity index (χ1n) is 7.18. The van der Waals surface area contributed by atoms with Crippen LogP contribution in [0.5, 0.6) is 0 Å². The number of fused-ring (bicyclic) bond motifs is 1. The van der Waals surface area contributed by atoms with Crippen LogP contribution in [0.1, 0.15) is 37.9 Å². The summed E-state index contributed by atoms with van der Waals surface area (Å²) >= 11 is 0. The molecule has 1 aromatic rings. The normalized spacial score (nSPS) is 25.8. The molecule has 0 spiro atoms. The van der Waals surface area contributed by atoms with E-state index in [0.717, 1.165) is 32.2 Å². The highest BCUT2D eigenvalue weighted by Crippen LogP contribution is 2.39. The van der Waals surface area contributed by atoms with Crippen LogP contribution in [0.15, 0.2) is 6.07 Å². The van der Waals surface area contributed by atoms with E-state index in [0.29, 0.717) is 17.8 Å². The number of nitrogens with two attached hydrogens (primary N) is 1. The minimum Gasteiger partial charge on any atom is -0.353 e. The van der Waals surface area contributed by atoms with Crippen LogP contribution in [0, 0.1) is 5.92 Å². The average molecular weight is 301 g/mol. The van der Waals surface area contributed by atoms with Crippen molar-refractivity contribution < 1.29 is 13.2 Å². The summed E-state index contributed by atoms with van der Waals surface area (Å²) in [4.78, 5) is 9.11. The summed E-state index contributed by atoms with van der Waals surface area (Å²) in [5.74, 6) is 4.97. The Balaban J connectivity index is 1.94. The molecular weight excluding hydrogens is 283 g/mol. The van der Waals surface area contributed by atoms with Gasteiger partial charge in [0.2, 0.25) is 5.82 Å². The summed E-state index contributed by atoms with van der Waals surface area (Å²) in [6.07, 6.45) is 0.940. The number of nitrogens with one attached hydrogen (secondary N) is 1. The number of halogens is 3. The third-order valence-electron chi connectivity index (χ3n) is 4.42. The van der Waals surface area contributed by atoms with Gasteiger partial charge in [0.15, 0.2) is 0 Å². The molecule has 1 saturated heterocycles. The standard InChI is InChI=1S/C13H18F3N5/c14-13(15,16)12-18-10(20-17)7-11(19-12)21-6-5-8-3-1-2-4-9(8)21/h7-9H,1-6,17H2,(H,18,19,20). The van der Waals surface area contributed by atoms with Gasteiger partial charge in [0, 0.05) is 18.7 Å². The van der Waals surface area contributed by atoms with Gasteiger partial charge in [-0.3, -0.25) is 0 Å². The predicted octanol–water partition coefficient (Wildman–Crippen LogP) is 2.55. The highest BCUT2D eigenvalue weighted by molar-refractivity contribution is 5.51. The van der Waals surface area contributed by atoms with Gasteiger partial charge in [-0.05, 0) is 25.2 Å². The van der Waals surface area contributed by atoms with Crippen molar-refractivity contribution in [1.82, 2.24) is 9.97 Å². The second kappa shape index (κ2) is 5.32. The molecular formula is C13H18F3N5. The van der Waals surface area contributed by atoms with Crippen molar-refractivity contribution in [2.45, 2.75) is 44.3 Å². The molecule has 2 heterocycles. The number of nitrogen functional groups attached to an aromatic ring is 1. The molecule has 3 N–H and O–H groups in total. The fourth-order valence-corrected chi connectivity index (χ4v) is 3.47. The van der Waals surface area contributed by atoms with Crippen LogP contribution in [0.3, 0.4) is 0 Å². The van der Waals surface area contributed by atoms with Gasteiger partial charge < -0.3 is 10.3 Å². The third kappa shape index (κ3) is 2.76. The van der Waals surface area contributed by atoms with Crippen molar-refractivity contribution in [3.05, 3.63) is 11.9 Å². The van der Waals surface area contributed by atoms with Crippen molar-refractivity contribution in [2.24, 2.45) is 11.8 Å². The SMILES string of the molecule is NNc1cc(N2CCC3CCCCC32)nc(C(F)(F)F)n1. The van der Waals surface area contributed by atoms with E-state index in [1.165, 1.54) is 12.5 Å². The average Bonchev–Trinajstić information content (AvgIpc) is 2.89.